The summed E-state index contributed by atoms with van der Waals surface area (Å²) in [5, 5.41) is 132. The summed E-state index contributed by atoms with van der Waals surface area (Å²) in [7, 11) is 1.31. The number of aliphatic hydroxyl groups is 11. The lowest BCUT2D eigenvalue weighted by Crippen LogP contribution is -2.71. The van der Waals surface area contributed by atoms with Gasteiger partial charge in [0.05, 0.1) is 45.7 Å². The van der Waals surface area contributed by atoms with E-state index in [0.29, 0.717) is 25.7 Å². The van der Waals surface area contributed by atoms with Crippen molar-refractivity contribution in [1.29, 1.82) is 0 Å². The van der Waals surface area contributed by atoms with Gasteiger partial charge < -0.3 is 115 Å². The third-order valence-corrected chi connectivity index (χ3v) is 11.7. The van der Waals surface area contributed by atoms with Crippen molar-refractivity contribution in [3.63, 3.8) is 0 Å². The maximum absolute atomic E-state index is 13.0. The molecular formula is C39H66N2O25. The van der Waals surface area contributed by atoms with Gasteiger partial charge in [0, 0.05) is 26.4 Å². The Morgan fingerprint density at radius 2 is 1.41 bits per heavy atom. The molecule has 27 heteroatoms. The Kier molecular flexibility index (Phi) is 22.1. The Balaban J connectivity index is 1.65. The van der Waals surface area contributed by atoms with Crippen molar-refractivity contribution in [2.24, 2.45) is 0 Å². The highest BCUT2D eigenvalue weighted by Gasteiger charge is 2.60. The number of methoxy groups -OCH3 is 1. The van der Waals surface area contributed by atoms with E-state index in [4.69, 9.17) is 37.9 Å². The lowest BCUT2D eigenvalue weighted by Gasteiger charge is -2.51. The molecule has 0 aromatic rings. The Hall–Kier alpha value is -2.88. The maximum atomic E-state index is 13.0. The number of carbonyl (C=O) groups is 4. The highest BCUT2D eigenvalue weighted by molar-refractivity contribution is 5.76. The van der Waals surface area contributed by atoms with E-state index >= 15 is 0 Å². The SMILES string of the molecule is COC(=O)CCCCCCCCO[C@@H]1OC(CO)[C@@H](OC2OC[C@@H](O)C(O)C2O)C(OC2OC(CO)[C@H](O)C(O[C@]3(C(=O)O)CC(O)[C@@H](NC(C)=O)C(C(O)C(O)CO)O3)C2O)C1NC=O. The Morgan fingerprint density at radius 1 is 0.773 bits per heavy atom. The molecule has 4 rings (SSSR count). The second kappa shape index (κ2) is 26.2. The molecule has 14 N–H and O–H groups in total. The lowest BCUT2D eigenvalue weighted by atomic mass is 9.88. The predicted molar refractivity (Wildman–Crippen MR) is 212 cm³/mol. The third-order valence-electron chi connectivity index (χ3n) is 11.7. The van der Waals surface area contributed by atoms with Gasteiger partial charge in [-0.25, -0.2) is 4.79 Å². The number of aliphatic hydroxyl groups excluding tert-OH is 11. The molecular weight excluding hydrogens is 896 g/mol. The van der Waals surface area contributed by atoms with Crippen molar-refractivity contribution in [2.45, 2.75) is 180 Å². The van der Waals surface area contributed by atoms with Crippen LogP contribution in [0, 0.1) is 0 Å². The van der Waals surface area contributed by atoms with E-state index in [1.807, 2.05) is 0 Å². The van der Waals surface area contributed by atoms with Crippen LogP contribution in [-0.2, 0) is 61.8 Å². The van der Waals surface area contributed by atoms with Gasteiger partial charge in [0.2, 0.25) is 12.3 Å². The number of aliphatic carboxylic acids is 1. The van der Waals surface area contributed by atoms with Crippen LogP contribution in [-0.4, -0.2) is 248 Å². The van der Waals surface area contributed by atoms with E-state index in [1.54, 1.807) is 0 Å². The van der Waals surface area contributed by atoms with Gasteiger partial charge in [-0.1, -0.05) is 25.7 Å². The highest BCUT2D eigenvalue weighted by Crippen LogP contribution is 2.39. The van der Waals surface area contributed by atoms with Gasteiger partial charge in [-0.15, -0.1) is 0 Å². The molecule has 66 heavy (non-hydrogen) atoms. The molecule has 4 heterocycles. The average Bonchev–Trinajstić information content (AvgIpc) is 3.29. The van der Waals surface area contributed by atoms with E-state index in [-0.39, 0.29) is 19.0 Å². The Bertz CT molecular complexity index is 1520. The molecule has 4 aliphatic heterocycles. The van der Waals surface area contributed by atoms with E-state index in [9.17, 15) is 80.5 Å². The molecule has 20 atom stereocenters. The first-order valence-corrected chi connectivity index (χ1v) is 21.6. The average molecular weight is 963 g/mol. The number of ether oxygens (including phenoxy) is 9. The van der Waals surface area contributed by atoms with Gasteiger partial charge in [-0.2, -0.15) is 0 Å². The number of carboxylic acid groups (broad SMARTS) is 1. The first-order chi connectivity index (χ1) is 31.4. The normalized spacial score (nSPS) is 39.3. The minimum absolute atomic E-state index is 0.0168. The monoisotopic (exact) mass is 962 g/mol. The molecule has 4 fully saturated rings. The predicted octanol–water partition coefficient (Wildman–Crippen LogP) is -7.08. The van der Waals surface area contributed by atoms with E-state index in [2.05, 4.69) is 15.4 Å². The number of hydrogen-bond donors (Lipinski definition) is 14. The molecule has 14 unspecified atom stereocenters. The van der Waals surface area contributed by atoms with Crippen LogP contribution in [0.2, 0.25) is 0 Å². The Morgan fingerprint density at radius 3 is 2.02 bits per heavy atom. The van der Waals surface area contributed by atoms with Crippen LogP contribution in [0.4, 0.5) is 0 Å². The van der Waals surface area contributed by atoms with Crippen LogP contribution in [0.1, 0.15) is 58.3 Å². The second-order valence-electron chi connectivity index (χ2n) is 16.5. The molecule has 0 saturated carbocycles. The first-order valence-electron chi connectivity index (χ1n) is 21.6. The van der Waals surface area contributed by atoms with Gasteiger partial charge in [-0.05, 0) is 12.8 Å². The lowest BCUT2D eigenvalue weighted by molar-refractivity contribution is -0.388. The smallest absolute Gasteiger partial charge is 0.364 e. The van der Waals surface area contributed by atoms with Gasteiger partial charge in [0.15, 0.2) is 18.9 Å². The summed E-state index contributed by atoms with van der Waals surface area (Å²) in [6.45, 7) is -2.50. The van der Waals surface area contributed by atoms with Crippen LogP contribution < -0.4 is 10.6 Å². The quantitative estimate of drug-likeness (QED) is 0.0230. The van der Waals surface area contributed by atoms with Crippen molar-refractivity contribution in [3.05, 3.63) is 0 Å². The molecule has 4 aliphatic rings. The zero-order chi connectivity index (χ0) is 48.9. The largest absolute Gasteiger partial charge is 0.477 e. The van der Waals surface area contributed by atoms with Crippen LogP contribution in [0.3, 0.4) is 0 Å². The molecule has 2 amide bonds. The summed E-state index contributed by atoms with van der Waals surface area (Å²) in [5.41, 5.74) is 0. The summed E-state index contributed by atoms with van der Waals surface area (Å²) in [6, 6.07) is -3.07. The molecule has 4 saturated heterocycles. The van der Waals surface area contributed by atoms with Gasteiger partial charge in [-0.3, -0.25) is 14.4 Å². The Labute approximate surface area is 378 Å². The number of amides is 2. The number of hydrogen-bond acceptors (Lipinski definition) is 24. The van der Waals surface area contributed by atoms with Crippen molar-refractivity contribution in [1.82, 2.24) is 10.6 Å². The highest BCUT2D eigenvalue weighted by atomic mass is 16.8. The summed E-state index contributed by atoms with van der Waals surface area (Å²) >= 11 is 0. The van der Waals surface area contributed by atoms with Crippen molar-refractivity contribution < 1.29 is 123 Å². The van der Waals surface area contributed by atoms with Crippen LogP contribution in [0.15, 0.2) is 0 Å². The molecule has 0 bridgehead atoms. The van der Waals surface area contributed by atoms with Gasteiger partial charge >= 0.3 is 11.9 Å². The number of nitrogens with one attached hydrogen (secondary N) is 2. The molecule has 0 radical (unpaired) electrons. The number of carboxylic acids is 1. The second-order valence-corrected chi connectivity index (χ2v) is 16.5. The zero-order valence-corrected chi connectivity index (χ0v) is 36.4. The van der Waals surface area contributed by atoms with Crippen LogP contribution in [0.25, 0.3) is 0 Å². The molecule has 0 aromatic heterocycles. The van der Waals surface area contributed by atoms with Crippen LogP contribution in [0.5, 0.6) is 0 Å². The zero-order valence-electron chi connectivity index (χ0n) is 36.4. The molecule has 0 spiro atoms. The number of unbranched alkanes of at least 4 members (excludes halogenated alkanes) is 5. The van der Waals surface area contributed by atoms with E-state index in [1.165, 1.54) is 7.11 Å². The van der Waals surface area contributed by atoms with Crippen molar-refractivity contribution in [3.8, 4) is 0 Å². The third kappa shape index (κ3) is 13.9. The maximum Gasteiger partial charge on any atom is 0.364 e. The van der Waals surface area contributed by atoms with E-state index in [0.717, 1.165) is 26.2 Å². The fourth-order valence-electron chi connectivity index (χ4n) is 8.14. The number of rotatable bonds is 25. The van der Waals surface area contributed by atoms with Crippen molar-refractivity contribution >= 4 is 24.3 Å². The summed E-state index contributed by atoms with van der Waals surface area (Å²) in [4.78, 5) is 48.6. The number of esters is 1. The molecule has 0 aromatic carbocycles. The summed E-state index contributed by atoms with van der Waals surface area (Å²) in [6.07, 6.45) is -28.4. The number of carbonyl (C=O) groups excluding carboxylic acids is 3. The standard InChI is InChI=1S/C39H66N2O25/c1-17(46)41-24-18(47)11-39(38(56)57,65-32(24)27(52)19(48)12-42)66-34-28(53)21(13-43)61-37(30(34)55)64-33-25(40-16-45)35(59-10-8-6-4-3-5-7-9-23(50)58-2)62-22(14-44)31(33)63-36-29(54)26(51)20(49)15-60-36/h16,18-22,24-37,42-44,47-49,51-55H,3-15H2,1-2H3,(H,40,45)(H,41,46)(H,56,57)/t18?,19?,20-,21?,22?,24-,25?,26?,27?,28+,29?,30?,31-,32?,33?,34?,35-,36?,37?,39+/m1/s1. The summed E-state index contributed by atoms with van der Waals surface area (Å²) < 4.78 is 51.5. The fourth-order valence-corrected chi connectivity index (χ4v) is 8.14. The minimum atomic E-state index is -3.13. The van der Waals surface area contributed by atoms with E-state index < -0.39 is 167 Å². The minimum Gasteiger partial charge on any atom is -0.477 e. The van der Waals surface area contributed by atoms with Gasteiger partial charge in [0.25, 0.3) is 5.79 Å². The molecule has 27 nitrogen and oxygen atoms in total. The fraction of sp³-hybridized carbons (Fsp3) is 0.897. The molecule has 0 aliphatic carbocycles. The first kappa shape index (κ1) is 55.7. The topological polar surface area (TPSA) is 418 Å². The summed E-state index contributed by atoms with van der Waals surface area (Å²) in [5.74, 6) is -6.23. The van der Waals surface area contributed by atoms with Crippen LogP contribution >= 0.6 is 0 Å². The van der Waals surface area contributed by atoms with Crippen molar-refractivity contribution in [2.75, 3.05) is 40.1 Å². The molecule has 382 valence electrons. The van der Waals surface area contributed by atoms with Gasteiger partial charge in [0.1, 0.15) is 85.4 Å².